The van der Waals surface area contributed by atoms with Gasteiger partial charge in [0, 0.05) is 18.5 Å². The van der Waals surface area contributed by atoms with Crippen LogP contribution in [0.4, 0.5) is 0 Å². The number of fused-ring (bicyclic) bond motifs is 2. The van der Waals surface area contributed by atoms with Crippen molar-refractivity contribution in [1.82, 2.24) is 4.90 Å². The van der Waals surface area contributed by atoms with Crippen LogP contribution in [0.25, 0.3) is 0 Å². The topological polar surface area (TPSA) is 3.24 Å². The van der Waals surface area contributed by atoms with Gasteiger partial charge in [0.2, 0.25) is 0 Å². The van der Waals surface area contributed by atoms with Crippen molar-refractivity contribution in [3.05, 3.63) is 0 Å². The maximum absolute atomic E-state index is 6.10. The smallest absolute Gasteiger partial charge is 0.0379 e. The van der Waals surface area contributed by atoms with Crippen LogP contribution in [0.1, 0.15) is 44.9 Å². The molecule has 0 amide bonds. The van der Waals surface area contributed by atoms with Gasteiger partial charge in [-0.15, -0.1) is 11.6 Å². The van der Waals surface area contributed by atoms with E-state index in [-0.39, 0.29) is 0 Å². The average Bonchev–Trinajstić information content (AvgIpc) is 2.92. The fraction of sp³-hybridized carbons (Fsp3) is 1.00. The SMILES string of the molecule is ClCC1CCCCN1CC1CC2CCC1C2. The third kappa shape index (κ3) is 2.13. The van der Waals surface area contributed by atoms with Crippen LogP contribution in [0.15, 0.2) is 0 Å². The van der Waals surface area contributed by atoms with E-state index in [0.717, 1.165) is 23.6 Å². The summed E-state index contributed by atoms with van der Waals surface area (Å²) < 4.78 is 0. The summed E-state index contributed by atoms with van der Waals surface area (Å²) >= 11 is 6.10. The van der Waals surface area contributed by atoms with E-state index in [1.165, 1.54) is 51.6 Å². The fourth-order valence-corrected chi connectivity index (χ4v) is 4.73. The van der Waals surface area contributed by atoms with Crippen molar-refractivity contribution in [3.63, 3.8) is 0 Å². The fourth-order valence-electron chi connectivity index (χ4n) is 4.38. The van der Waals surface area contributed by atoms with Crippen molar-refractivity contribution < 1.29 is 0 Å². The molecule has 0 N–H and O–H groups in total. The summed E-state index contributed by atoms with van der Waals surface area (Å²) in [6, 6.07) is 0.689. The van der Waals surface area contributed by atoms with Crippen LogP contribution in [-0.2, 0) is 0 Å². The molecule has 1 saturated heterocycles. The van der Waals surface area contributed by atoms with Crippen molar-refractivity contribution in [1.29, 1.82) is 0 Å². The molecule has 16 heavy (non-hydrogen) atoms. The highest BCUT2D eigenvalue weighted by Gasteiger charge is 2.40. The second-order valence-corrected chi connectivity index (χ2v) is 6.54. The first-order valence-corrected chi connectivity index (χ1v) is 7.70. The van der Waals surface area contributed by atoms with Crippen LogP contribution >= 0.6 is 11.6 Å². The van der Waals surface area contributed by atoms with Crippen LogP contribution < -0.4 is 0 Å². The zero-order valence-corrected chi connectivity index (χ0v) is 11.0. The number of nitrogens with zero attached hydrogens (tertiary/aromatic N) is 1. The number of alkyl halides is 1. The molecule has 4 atom stereocenters. The molecular weight excluding hydrogens is 218 g/mol. The van der Waals surface area contributed by atoms with E-state index < -0.39 is 0 Å². The van der Waals surface area contributed by atoms with Gasteiger partial charge in [0.1, 0.15) is 0 Å². The molecule has 2 heteroatoms. The maximum atomic E-state index is 6.10. The van der Waals surface area contributed by atoms with Gasteiger partial charge in [-0.2, -0.15) is 0 Å². The second kappa shape index (κ2) is 4.86. The maximum Gasteiger partial charge on any atom is 0.0379 e. The minimum absolute atomic E-state index is 0.689. The summed E-state index contributed by atoms with van der Waals surface area (Å²) in [5, 5.41) is 0. The van der Waals surface area contributed by atoms with E-state index in [1.54, 1.807) is 6.42 Å². The molecule has 3 aliphatic rings. The Morgan fingerprint density at radius 2 is 2.00 bits per heavy atom. The Hall–Kier alpha value is 0.250. The zero-order chi connectivity index (χ0) is 11.0. The average molecular weight is 242 g/mol. The standard InChI is InChI=1S/C14H24ClN/c15-9-14-3-1-2-6-16(14)10-13-8-11-4-5-12(13)7-11/h11-14H,1-10H2. The Morgan fingerprint density at radius 3 is 2.69 bits per heavy atom. The number of hydrogen-bond acceptors (Lipinski definition) is 1. The highest BCUT2D eigenvalue weighted by molar-refractivity contribution is 6.18. The predicted octanol–water partition coefficient (Wildman–Crippen LogP) is 3.52. The van der Waals surface area contributed by atoms with Gasteiger partial charge in [-0.05, 0) is 56.4 Å². The Balaban J connectivity index is 1.56. The van der Waals surface area contributed by atoms with Gasteiger partial charge in [0.25, 0.3) is 0 Å². The number of halogens is 1. The van der Waals surface area contributed by atoms with E-state index >= 15 is 0 Å². The van der Waals surface area contributed by atoms with E-state index in [1.807, 2.05) is 0 Å². The normalized spacial score (nSPS) is 44.1. The van der Waals surface area contributed by atoms with Gasteiger partial charge in [-0.1, -0.05) is 12.8 Å². The Kier molecular flexibility index (Phi) is 3.44. The molecule has 0 aromatic rings. The molecule has 2 aliphatic carbocycles. The molecule has 0 aromatic heterocycles. The largest absolute Gasteiger partial charge is 0.299 e. The predicted molar refractivity (Wildman–Crippen MR) is 68.9 cm³/mol. The summed E-state index contributed by atoms with van der Waals surface area (Å²) in [4.78, 5) is 2.71. The molecule has 92 valence electrons. The van der Waals surface area contributed by atoms with Gasteiger partial charge in [0.15, 0.2) is 0 Å². The highest BCUT2D eigenvalue weighted by atomic mass is 35.5. The molecule has 2 bridgehead atoms. The molecule has 1 heterocycles. The number of likely N-dealkylation sites (tertiary alicyclic amines) is 1. The van der Waals surface area contributed by atoms with Crippen molar-refractivity contribution in [3.8, 4) is 0 Å². The Morgan fingerprint density at radius 1 is 1.06 bits per heavy atom. The molecule has 0 radical (unpaired) electrons. The van der Waals surface area contributed by atoms with Crippen LogP contribution in [0.3, 0.4) is 0 Å². The third-order valence-corrected chi connectivity index (χ3v) is 5.64. The van der Waals surface area contributed by atoms with Crippen LogP contribution in [0.5, 0.6) is 0 Å². The monoisotopic (exact) mass is 241 g/mol. The summed E-state index contributed by atoms with van der Waals surface area (Å²) in [5.41, 5.74) is 0. The Bertz CT molecular complexity index is 243. The highest BCUT2D eigenvalue weighted by Crippen LogP contribution is 2.48. The number of rotatable bonds is 3. The molecule has 0 aromatic carbocycles. The molecule has 3 fully saturated rings. The van der Waals surface area contributed by atoms with E-state index in [4.69, 9.17) is 11.6 Å². The third-order valence-electron chi connectivity index (χ3n) is 5.28. The second-order valence-electron chi connectivity index (χ2n) is 6.23. The van der Waals surface area contributed by atoms with Crippen molar-refractivity contribution >= 4 is 11.6 Å². The van der Waals surface area contributed by atoms with Crippen LogP contribution in [0.2, 0.25) is 0 Å². The lowest BCUT2D eigenvalue weighted by molar-refractivity contribution is 0.119. The van der Waals surface area contributed by atoms with Gasteiger partial charge in [-0.3, -0.25) is 4.90 Å². The minimum atomic E-state index is 0.689. The summed E-state index contributed by atoms with van der Waals surface area (Å²) in [6.45, 7) is 2.67. The van der Waals surface area contributed by atoms with Gasteiger partial charge >= 0.3 is 0 Å². The van der Waals surface area contributed by atoms with E-state index in [0.29, 0.717) is 6.04 Å². The van der Waals surface area contributed by atoms with Gasteiger partial charge < -0.3 is 0 Å². The first-order valence-electron chi connectivity index (χ1n) is 7.17. The van der Waals surface area contributed by atoms with Crippen molar-refractivity contribution in [2.45, 2.75) is 51.0 Å². The van der Waals surface area contributed by atoms with E-state index in [9.17, 15) is 0 Å². The quantitative estimate of drug-likeness (QED) is 0.684. The molecular formula is C14H24ClN. The lowest BCUT2D eigenvalue weighted by Gasteiger charge is -2.38. The first-order chi connectivity index (χ1) is 7.86. The number of hydrogen-bond donors (Lipinski definition) is 0. The van der Waals surface area contributed by atoms with Crippen LogP contribution in [0, 0.1) is 17.8 Å². The van der Waals surface area contributed by atoms with Crippen molar-refractivity contribution in [2.24, 2.45) is 17.8 Å². The molecule has 1 aliphatic heterocycles. The Labute approximate surface area is 105 Å². The molecule has 1 nitrogen and oxygen atoms in total. The summed E-state index contributed by atoms with van der Waals surface area (Å²) in [5.74, 6) is 4.03. The summed E-state index contributed by atoms with van der Waals surface area (Å²) in [7, 11) is 0. The molecule has 4 unspecified atom stereocenters. The first kappa shape index (κ1) is 11.3. The number of piperidine rings is 1. The lowest BCUT2D eigenvalue weighted by Crippen LogP contribution is -2.44. The lowest BCUT2D eigenvalue weighted by atomic mass is 9.87. The van der Waals surface area contributed by atoms with Gasteiger partial charge in [-0.25, -0.2) is 0 Å². The zero-order valence-electron chi connectivity index (χ0n) is 10.2. The molecule has 2 saturated carbocycles. The summed E-state index contributed by atoms with van der Waals surface area (Å²) in [6.07, 6.45) is 10.2. The van der Waals surface area contributed by atoms with Gasteiger partial charge in [0.05, 0.1) is 0 Å². The van der Waals surface area contributed by atoms with Crippen molar-refractivity contribution in [2.75, 3.05) is 19.0 Å². The van der Waals surface area contributed by atoms with Crippen LogP contribution in [-0.4, -0.2) is 29.9 Å². The molecule has 3 rings (SSSR count). The minimum Gasteiger partial charge on any atom is -0.299 e. The van der Waals surface area contributed by atoms with E-state index in [2.05, 4.69) is 4.90 Å². The molecule has 0 spiro atoms.